The maximum atomic E-state index is 11.4. The third-order valence-electron chi connectivity index (χ3n) is 1.66. The second-order valence-corrected chi connectivity index (χ2v) is 4.15. The van der Waals surface area contributed by atoms with Gasteiger partial charge in [-0.25, -0.2) is 0 Å². The van der Waals surface area contributed by atoms with Crippen LogP contribution < -0.4 is 0 Å². The predicted molar refractivity (Wildman–Crippen MR) is 50.0 cm³/mol. The van der Waals surface area contributed by atoms with E-state index in [1.165, 1.54) is 11.8 Å². The fraction of sp³-hybridized carbons (Fsp3) is 0.750. The van der Waals surface area contributed by atoms with Crippen LogP contribution in [0.4, 0.5) is 0 Å². The second kappa shape index (κ2) is 4.11. The van der Waals surface area contributed by atoms with Crippen LogP contribution in [0.2, 0.25) is 0 Å². The molecule has 0 aliphatic carbocycles. The Kier molecular flexibility index (Phi) is 3.33. The van der Waals surface area contributed by atoms with Gasteiger partial charge < -0.3 is 0 Å². The molecule has 0 aromatic carbocycles. The van der Waals surface area contributed by atoms with E-state index >= 15 is 0 Å². The zero-order valence-corrected chi connectivity index (χ0v) is 8.76. The summed E-state index contributed by atoms with van der Waals surface area (Å²) in [4.78, 5) is 27.8. The average Bonchev–Trinajstić information content (AvgIpc) is 2.31. The summed E-state index contributed by atoms with van der Waals surface area (Å²) >= 11 is 1.38. The molecule has 1 atom stereocenters. The third-order valence-corrected chi connectivity index (χ3v) is 2.60. The number of hydrogen-bond donors (Lipinski definition) is 0. The van der Waals surface area contributed by atoms with Crippen molar-refractivity contribution in [3.05, 3.63) is 0 Å². The summed E-state index contributed by atoms with van der Waals surface area (Å²) in [5.74, 6) is -0.468. The topological polar surface area (TPSA) is 46.6 Å². The summed E-state index contributed by atoms with van der Waals surface area (Å²) in [5.41, 5.74) is 0. The Balaban J connectivity index is 2.65. The first kappa shape index (κ1) is 10.5. The van der Waals surface area contributed by atoms with Crippen molar-refractivity contribution in [1.29, 1.82) is 0 Å². The molecule has 1 unspecified atom stereocenters. The summed E-state index contributed by atoms with van der Waals surface area (Å²) in [6, 6.07) is 0. The minimum atomic E-state index is -0.258. The van der Waals surface area contributed by atoms with E-state index in [2.05, 4.69) is 0 Å². The van der Waals surface area contributed by atoms with Gasteiger partial charge in [0.25, 0.3) is 11.8 Å². The highest BCUT2D eigenvalue weighted by Gasteiger charge is 2.39. The number of hydrogen-bond acceptors (Lipinski definition) is 4. The van der Waals surface area contributed by atoms with E-state index in [0.717, 1.165) is 5.06 Å². The number of nitrogens with zero attached hydrogens (tertiary/aromatic N) is 1. The van der Waals surface area contributed by atoms with Crippen LogP contribution in [0.3, 0.4) is 0 Å². The van der Waals surface area contributed by atoms with Crippen LogP contribution >= 0.6 is 11.8 Å². The first-order valence-electron chi connectivity index (χ1n) is 4.12. The normalized spacial score (nSPS) is 23.4. The molecular weight excluding hydrogens is 190 g/mol. The van der Waals surface area contributed by atoms with Gasteiger partial charge in [0.1, 0.15) is 0 Å². The first-order valence-corrected chi connectivity index (χ1v) is 5.41. The Morgan fingerprint density at radius 3 is 2.54 bits per heavy atom. The van der Waals surface area contributed by atoms with Crippen molar-refractivity contribution in [2.75, 3.05) is 6.26 Å². The average molecular weight is 203 g/mol. The maximum absolute atomic E-state index is 11.4. The molecule has 1 fully saturated rings. The molecule has 0 aromatic heterocycles. The molecule has 1 rings (SSSR count). The van der Waals surface area contributed by atoms with Gasteiger partial charge in [0.15, 0.2) is 0 Å². The zero-order valence-electron chi connectivity index (χ0n) is 7.94. The standard InChI is InChI=1S/C8H13NO3S/c1-5(2)12-9-7(10)4-6(13-3)8(9)11/h5-6H,4H2,1-3H3. The van der Waals surface area contributed by atoms with E-state index < -0.39 is 0 Å². The van der Waals surface area contributed by atoms with E-state index in [0.29, 0.717) is 0 Å². The number of thioether (sulfide) groups is 1. The number of hydroxylamine groups is 2. The van der Waals surface area contributed by atoms with Crippen molar-refractivity contribution >= 4 is 23.6 Å². The molecule has 2 amide bonds. The van der Waals surface area contributed by atoms with E-state index in [1.807, 2.05) is 6.26 Å². The van der Waals surface area contributed by atoms with Gasteiger partial charge in [0.05, 0.1) is 17.8 Å². The number of rotatable bonds is 3. The van der Waals surface area contributed by atoms with Gasteiger partial charge in [-0.3, -0.25) is 14.4 Å². The van der Waals surface area contributed by atoms with Crippen LogP contribution in [0.5, 0.6) is 0 Å². The second-order valence-electron chi connectivity index (χ2n) is 3.11. The highest BCUT2D eigenvalue weighted by molar-refractivity contribution is 8.00. The van der Waals surface area contributed by atoms with Crippen molar-refractivity contribution in [1.82, 2.24) is 5.06 Å². The van der Waals surface area contributed by atoms with Gasteiger partial charge >= 0.3 is 0 Å². The molecule has 1 heterocycles. The molecule has 0 bridgehead atoms. The molecule has 1 aliphatic heterocycles. The summed E-state index contributed by atoms with van der Waals surface area (Å²) in [6.45, 7) is 3.57. The number of imide groups is 1. The summed E-state index contributed by atoms with van der Waals surface area (Å²) in [7, 11) is 0. The predicted octanol–water partition coefficient (Wildman–Crippen LogP) is 0.817. The largest absolute Gasteiger partial charge is 0.272 e. The molecule has 5 heteroatoms. The molecule has 1 saturated heterocycles. The van der Waals surface area contributed by atoms with Gasteiger partial charge in [0.2, 0.25) is 0 Å². The van der Waals surface area contributed by atoms with Crippen LogP contribution in [0, 0.1) is 0 Å². The molecule has 1 aliphatic rings. The van der Waals surface area contributed by atoms with Gasteiger partial charge in [-0.05, 0) is 20.1 Å². The van der Waals surface area contributed by atoms with Crippen LogP contribution in [-0.4, -0.2) is 34.5 Å². The molecule has 13 heavy (non-hydrogen) atoms. The molecule has 0 N–H and O–H groups in total. The summed E-state index contributed by atoms with van der Waals surface area (Å²) in [5, 5.41) is 0.637. The monoisotopic (exact) mass is 203 g/mol. The number of carbonyl (C=O) groups excluding carboxylic acids is 2. The number of amides is 2. The molecule has 0 radical (unpaired) electrons. The quantitative estimate of drug-likeness (QED) is 0.637. The minimum absolute atomic E-state index is 0.145. The SMILES string of the molecule is CSC1CC(=O)N(OC(C)C)C1=O. The Labute approximate surface area is 81.6 Å². The lowest BCUT2D eigenvalue weighted by atomic mass is 10.4. The van der Waals surface area contributed by atoms with Crippen LogP contribution in [0.1, 0.15) is 20.3 Å². The van der Waals surface area contributed by atoms with Gasteiger partial charge in [0, 0.05) is 0 Å². The van der Waals surface area contributed by atoms with Crippen molar-refractivity contribution in [2.45, 2.75) is 31.6 Å². The lowest BCUT2D eigenvalue weighted by Crippen LogP contribution is -2.33. The Morgan fingerprint density at radius 1 is 1.54 bits per heavy atom. The van der Waals surface area contributed by atoms with Crippen molar-refractivity contribution < 1.29 is 14.4 Å². The van der Waals surface area contributed by atoms with Crippen molar-refractivity contribution in [2.24, 2.45) is 0 Å². The zero-order chi connectivity index (χ0) is 10.0. The minimum Gasteiger partial charge on any atom is -0.272 e. The van der Waals surface area contributed by atoms with Crippen LogP contribution in [-0.2, 0) is 14.4 Å². The highest BCUT2D eigenvalue weighted by atomic mass is 32.2. The molecule has 0 saturated carbocycles. The Bertz CT molecular complexity index is 229. The molecular formula is C8H13NO3S. The Morgan fingerprint density at radius 2 is 2.15 bits per heavy atom. The van der Waals surface area contributed by atoms with E-state index in [9.17, 15) is 9.59 Å². The van der Waals surface area contributed by atoms with Gasteiger partial charge in [-0.15, -0.1) is 0 Å². The van der Waals surface area contributed by atoms with E-state index in [1.54, 1.807) is 13.8 Å². The van der Waals surface area contributed by atoms with Crippen LogP contribution in [0.15, 0.2) is 0 Å². The highest BCUT2D eigenvalue weighted by Crippen LogP contribution is 2.23. The third kappa shape index (κ3) is 2.22. The smallest absolute Gasteiger partial charge is 0.267 e. The molecule has 4 nitrogen and oxygen atoms in total. The van der Waals surface area contributed by atoms with Crippen molar-refractivity contribution in [3.8, 4) is 0 Å². The molecule has 74 valence electrons. The van der Waals surface area contributed by atoms with E-state index in [-0.39, 0.29) is 29.6 Å². The summed E-state index contributed by atoms with van der Waals surface area (Å²) in [6.07, 6.45) is 1.93. The van der Waals surface area contributed by atoms with E-state index in [4.69, 9.17) is 4.84 Å². The summed E-state index contributed by atoms with van der Waals surface area (Å²) < 4.78 is 0. The lowest BCUT2D eigenvalue weighted by Gasteiger charge is -2.16. The van der Waals surface area contributed by atoms with Gasteiger partial charge in [-0.1, -0.05) is 0 Å². The number of carbonyl (C=O) groups is 2. The fourth-order valence-electron chi connectivity index (χ4n) is 1.09. The Hall–Kier alpha value is -0.550. The lowest BCUT2D eigenvalue weighted by molar-refractivity contribution is -0.198. The maximum Gasteiger partial charge on any atom is 0.267 e. The van der Waals surface area contributed by atoms with Crippen molar-refractivity contribution in [3.63, 3.8) is 0 Å². The van der Waals surface area contributed by atoms with Crippen LogP contribution in [0.25, 0.3) is 0 Å². The fourth-order valence-corrected chi connectivity index (χ4v) is 1.69. The van der Waals surface area contributed by atoms with Gasteiger partial charge in [-0.2, -0.15) is 16.8 Å². The molecule has 0 aromatic rings. The first-order chi connectivity index (χ1) is 6.06. The molecule has 0 spiro atoms.